The molecule has 0 radical (unpaired) electrons. The van der Waals surface area contributed by atoms with Gasteiger partial charge in [0.1, 0.15) is 10.2 Å². The number of aryl methyl sites for hydroxylation is 1. The van der Waals surface area contributed by atoms with Gasteiger partial charge in [0.15, 0.2) is 0 Å². The quantitative estimate of drug-likeness (QED) is 0.792. The zero-order valence-electron chi connectivity index (χ0n) is 9.17. The van der Waals surface area contributed by atoms with Crippen molar-refractivity contribution in [2.45, 2.75) is 19.4 Å². The molecule has 0 aromatic carbocycles. The molecule has 0 spiro atoms. The Labute approximate surface area is 118 Å². The largest absolute Gasteiger partial charge is 0.349 e. The standard InChI is InChI=1S/C11H13BrClN3S/c12-9-6-8(17-11(9)13)7-14-3-1-2-10-15-4-5-16-10/h4-6,14H,1-3,7H2,(H,15,16). The molecule has 0 atom stereocenters. The van der Waals surface area contributed by atoms with Crippen molar-refractivity contribution in [3.63, 3.8) is 0 Å². The SMILES string of the molecule is Clc1sc(CNCCCc2ncc[nH]2)cc1Br. The maximum Gasteiger partial charge on any atom is 0.107 e. The Balaban J connectivity index is 1.63. The Morgan fingerprint density at radius 1 is 1.53 bits per heavy atom. The molecule has 2 rings (SSSR count). The van der Waals surface area contributed by atoms with Crippen LogP contribution in [0.5, 0.6) is 0 Å². The average molecular weight is 335 g/mol. The van der Waals surface area contributed by atoms with Gasteiger partial charge >= 0.3 is 0 Å². The van der Waals surface area contributed by atoms with Crippen LogP contribution in [0.4, 0.5) is 0 Å². The molecule has 0 saturated heterocycles. The van der Waals surface area contributed by atoms with Crippen LogP contribution in [0.3, 0.4) is 0 Å². The first-order chi connectivity index (χ1) is 8.25. The number of hydrogen-bond acceptors (Lipinski definition) is 3. The minimum atomic E-state index is 0.817. The van der Waals surface area contributed by atoms with Crippen LogP contribution in [0, 0.1) is 0 Å². The van der Waals surface area contributed by atoms with E-state index in [1.165, 1.54) is 4.88 Å². The first-order valence-corrected chi connectivity index (χ1v) is 7.37. The van der Waals surface area contributed by atoms with Gasteiger partial charge in [-0.2, -0.15) is 0 Å². The molecule has 2 aromatic rings. The van der Waals surface area contributed by atoms with Crippen LogP contribution >= 0.6 is 38.9 Å². The van der Waals surface area contributed by atoms with Crippen molar-refractivity contribution in [1.29, 1.82) is 0 Å². The van der Waals surface area contributed by atoms with E-state index in [0.717, 1.165) is 40.6 Å². The highest BCUT2D eigenvalue weighted by Gasteiger charge is 2.03. The number of hydrogen-bond donors (Lipinski definition) is 2. The number of nitrogens with one attached hydrogen (secondary N) is 2. The van der Waals surface area contributed by atoms with Crippen molar-refractivity contribution in [1.82, 2.24) is 15.3 Å². The summed E-state index contributed by atoms with van der Waals surface area (Å²) in [5.74, 6) is 1.05. The smallest absolute Gasteiger partial charge is 0.107 e. The lowest BCUT2D eigenvalue weighted by atomic mass is 10.3. The molecule has 0 aliphatic carbocycles. The molecule has 0 aliphatic rings. The predicted octanol–water partition coefficient (Wildman–Crippen LogP) is 3.61. The van der Waals surface area contributed by atoms with Gasteiger partial charge in [0, 0.05) is 34.7 Å². The lowest BCUT2D eigenvalue weighted by Gasteiger charge is -2.01. The number of H-pyrrole nitrogens is 1. The lowest BCUT2D eigenvalue weighted by molar-refractivity contribution is 0.645. The van der Waals surface area contributed by atoms with Crippen LogP contribution in [0.1, 0.15) is 17.1 Å². The Morgan fingerprint density at radius 3 is 3.06 bits per heavy atom. The number of rotatable bonds is 6. The lowest BCUT2D eigenvalue weighted by Crippen LogP contribution is -2.14. The van der Waals surface area contributed by atoms with E-state index < -0.39 is 0 Å². The molecule has 0 saturated carbocycles. The van der Waals surface area contributed by atoms with Crippen LogP contribution in [-0.4, -0.2) is 16.5 Å². The summed E-state index contributed by atoms with van der Waals surface area (Å²) in [5.41, 5.74) is 0. The van der Waals surface area contributed by atoms with Crippen LogP contribution in [-0.2, 0) is 13.0 Å². The van der Waals surface area contributed by atoms with Crippen LogP contribution in [0.15, 0.2) is 22.9 Å². The van der Waals surface area contributed by atoms with Crippen molar-refractivity contribution < 1.29 is 0 Å². The van der Waals surface area contributed by atoms with E-state index in [-0.39, 0.29) is 0 Å². The second-order valence-corrected chi connectivity index (χ2v) is 6.24. The first-order valence-electron chi connectivity index (χ1n) is 5.38. The van der Waals surface area contributed by atoms with Crippen molar-refractivity contribution in [2.24, 2.45) is 0 Å². The normalized spacial score (nSPS) is 10.9. The second kappa shape index (κ2) is 6.54. The van der Waals surface area contributed by atoms with Gasteiger partial charge in [0.05, 0.1) is 0 Å². The highest BCUT2D eigenvalue weighted by molar-refractivity contribution is 9.10. The number of aromatic nitrogens is 2. The van der Waals surface area contributed by atoms with Crippen LogP contribution in [0.25, 0.3) is 0 Å². The fourth-order valence-corrected chi connectivity index (χ4v) is 3.27. The Hall–Kier alpha value is -0.360. The number of halogens is 2. The van der Waals surface area contributed by atoms with Crippen molar-refractivity contribution in [2.75, 3.05) is 6.54 Å². The monoisotopic (exact) mass is 333 g/mol. The molecule has 6 heteroatoms. The second-order valence-electron chi connectivity index (χ2n) is 3.65. The maximum absolute atomic E-state index is 5.97. The maximum atomic E-state index is 5.97. The minimum absolute atomic E-state index is 0.817. The van der Waals surface area contributed by atoms with E-state index in [1.807, 2.05) is 6.20 Å². The van der Waals surface area contributed by atoms with E-state index >= 15 is 0 Å². The number of aromatic amines is 1. The van der Waals surface area contributed by atoms with Crippen LogP contribution in [0.2, 0.25) is 4.34 Å². The van der Waals surface area contributed by atoms with E-state index in [0.29, 0.717) is 0 Å². The first kappa shape index (κ1) is 13.1. The summed E-state index contributed by atoms with van der Waals surface area (Å²) in [6, 6.07) is 2.06. The third kappa shape index (κ3) is 4.10. The van der Waals surface area contributed by atoms with Gasteiger partial charge < -0.3 is 10.3 Å². The van der Waals surface area contributed by atoms with E-state index in [4.69, 9.17) is 11.6 Å². The van der Waals surface area contributed by atoms with E-state index in [9.17, 15) is 0 Å². The molecule has 0 fully saturated rings. The number of thiophene rings is 1. The summed E-state index contributed by atoms with van der Waals surface area (Å²) in [4.78, 5) is 8.53. The third-order valence-electron chi connectivity index (χ3n) is 2.32. The minimum Gasteiger partial charge on any atom is -0.349 e. The van der Waals surface area contributed by atoms with Gasteiger partial charge in [-0.3, -0.25) is 0 Å². The average Bonchev–Trinajstić information content (AvgIpc) is 2.90. The number of nitrogens with zero attached hydrogens (tertiary/aromatic N) is 1. The van der Waals surface area contributed by atoms with Crippen molar-refractivity contribution >= 4 is 38.9 Å². The van der Waals surface area contributed by atoms with Crippen molar-refractivity contribution in [3.05, 3.63) is 38.0 Å². The molecular formula is C11H13BrClN3S. The highest BCUT2D eigenvalue weighted by Crippen LogP contribution is 2.31. The molecule has 0 amide bonds. The summed E-state index contributed by atoms with van der Waals surface area (Å²) in [6.07, 6.45) is 5.70. The molecule has 0 unspecified atom stereocenters. The van der Waals surface area contributed by atoms with Gasteiger partial charge in [-0.05, 0) is 35.0 Å². The summed E-state index contributed by atoms with van der Waals surface area (Å²) < 4.78 is 1.80. The van der Waals surface area contributed by atoms with Crippen molar-refractivity contribution in [3.8, 4) is 0 Å². The molecule has 2 aromatic heterocycles. The molecule has 3 nitrogen and oxygen atoms in total. The highest BCUT2D eigenvalue weighted by atomic mass is 79.9. The van der Waals surface area contributed by atoms with E-state index in [2.05, 4.69) is 37.3 Å². The Bertz CT molecular complexity index is 436. The van der Waals surface area contributed by atoms with Gasteiger partial charge in [-0.1, -0.05) is 11.6 Å². The summed E-state index contributed by atoms with van der Waals surface area (Å²) in [5, 5.41) is 3.39. The Kier molecular flexibility index (Phi) is 5.03. The fourth-order valence-electron chi connectivity index (χ4n) is 1.51. The summed E-state index contributed by atoms with van der Waals surface area (Å²) >= 11 is 11.0. The Morgan fingerprint density at radius 2 is 2.41 bits per heavy atom. The predicted molar refractivity (Wildman–Crippen MR) is 75.6 cm³/mol. The van der Waals surface area contributed by atoms with Crippen LogP contribution < -0.4 is 5.32 Å². The molecule has 2 heterocycles. The molecular weight excluding hydrogens is 322 g/mol. The molecule has 92 valence electrons. The van der Waals surface area contributed by atoms with Gasteiger partial charge in [-0.15, -0.1) is 11.3 Å². The zero-order valence-corrected chi connectivity index (χ0v) is 12.3. The number of imidazole rings is 1. The van der Waals surface area contributed by atoms with E-state index in [1.54, 1.807) is 17.5 Å². The zero-order chi connectivity index (χ0) is 12.1. The molecule has 2 N–H and O–H groups in total. The summed E-state index contributed by atoms with van der Waals surface area (Å²) in [7, 11) is 0. The fraction of sp³-hybridized carbons (Fsp3) is 0.364. The summed E-state index contributed by atoms with van der Waals surface area (Å²) in [6.45, 7) is 1.85. The van der Waals surface area contributed by atoms with Gasteiger partial charge in [0.25, 0.3) is 0 Å². The topological polar surface area (TPSA) is 40.7 Å². The van der Waals surface area contributed by atoms with Gasteiger partial charge in [-0.25, -0.2) is 4.98 Å². The van der Waals surface area contributed by atoms with Gasteiger partial charge in [0.2, 0.25) is 0 Å². The molecule has 17 heavy (non-hydrogen) atoms. The molecule has 0 bridgehead atoms. The molecule has 0 aliphatic heterocycles. The third-order valence-corrected chi connectivity index (χ3v) is 4.79.